The highest BCUT2D eigenvalue weighted by Gasteiger charge is 2.32. The van der Waals surface area contributed by atoms with Crippen LogP contribution in [0.25, 0.3) is 0 Å². The van der Waals surface area contributed by atoms with Gasteiger partial charge in [0.1, 0.15) is 10.0 Å². The van der Waals surface area contributed by atoms with Crippen LogP contribution in [0.5, 0.6) is 5.75 Å². The summed E-state index contributed by atoms with van der Waals surface area (Å²) < 4.78 is 28.9. The molecule has 4 nitrogen and oxygen atoms in total. The highest BCUT2D eigenvalue weighted by Crippen LogP contribution is 2.56. The predicted molar refractivity (Wildman–Crippen MR) is 101 cm³/mol. The van der Waals surface area contributed by atoms with Gasteiger partial charge < -0.3 is 4.52 Å². The lowest BCUT2D eigenvalue weighted by molar-refractivity contribution is 0.152. The molecule has 0 saturated heterocycles. The Morgan fingerprint density at radius 3 is 1.50 bits per heavy atom. The average Bonchev–Trinajstić information content (AvgIpc) is 2.56. The minimum Gasteiger partial charge on any atom is -0.401 e. The van der Waals surface area contributed by atoms with Crippen LogP contribution in [0, 0.1) is 0 Å². The zero-order valence-corrected chi connectivity index (χ0v) is 17.9. The first kappa shape index (κ1) is 22.7. The normalized spacial score (nSPS) is 11.8. The quantitative estimate of drug-likeness (QED) is 0.154. The number of unbranched alkanes of at least 4 members (excludes halogenated alkanes) is 2. The summed E-state index contributed by atoms with van der Waals surface area (Å²) in [7, 11) is -3.94. The van der Waals surface area contributed by atoms with Crippen LogP contribution in [0.3, 0.4) is 0 Å². The second-order valence-electron chi connectivity index (χ2n) is 4.81. The van der Waals surface area contributed by atoms with Crippen LogP contribution in [-0.4, -0.2) is 13.2 Å². The SMILES string of the molecule is CCCCOP(=O)(OCCCC)Oc1c(Cl)c(Cl)c(Cl)c(Cl)c1Cl. The van der Waals surface area contributed by atoms with Crippen LogP contribution in [0.2, 0.25) is 25.1 Å². The highest BCUT2D eigenvalue weighted by molar-refractivity contribution is 7.49. The van der Waals surface area contributed by atoms with Gasteiger partial charge in [-0.2, -0.15) is 0 Å². The van der Waals surface area contributed by atoms with Crippen LogP contribution in [-0.2, 0) is 13.6 Å². The minimum atomic E-state index is -3.94. The van der Waals surface area contributed by atoms with Crippen molar-refractivity contribution in [2.24, 2.45) is 0 Å². The summed E-state index contributed by atoms with van der Waals surface area (Å²) >= 11 is 30.1. The highest BCUT2D eigenvalue weighted by atomic mass is 35.5. The lowest BCUT2D eigenvalue weighted by Crippen LogP contribution is -2.06. The molecule has 0 fully saturated rings. The van der Waals surface area contributed by atoms with Gasteiger partial charge in [0.25, 0.3) is 0 Å². The van der Waals surface area contributed by atoms with Crippen molar-refractivity contribution in [1.82, 2.24) is 0 Å². The third kappa shape index (κ3) is 6.10. The number of phosphoric acid groups is 1. The molecule has 1 aromatic carbocycles. The second kappa shape index (κ2) is 10.7. The maximum atomic E-state index is 12.8. The van der Waals surface area contributed by atoms with Gasteiger partial charge in [0, 0.05) is 0 Å². The predicted octanol–water partition coefficient (Wildman–Crippen LogP) is 8.07. The molecule has 138 valence electrons. The number of hydrogen-bond donors (Lipinski definition) is 0. The van der Waals surface area contributed by atoms with E-state index in [1.807, 2.05) is 13.8 Å². The van der Waals surface area contributed by atoms with E-state index in [4.69, 9.17) is 71.6 Å². The van der Waals surface area contributed by atoms with E-state index in [0.29, 0.717) is 12.8 Å². The summed E-state index contributed by atoms with van der Waals surface area (Å²) in [5.41, 5.74) is 0. The van der Waals surface area contributed by atoms with Crippen molar-refractivity contribution in [1.29, 1.82) is 0 Å². The summed E-state index contributed by atoms with van der Waals surface area (Å²) in [6.45, 7) is 4.34. The molecule has 0 aliphatic carbocycles. The monoisotopic (exact) mass is 456 g/mol. The largest absolute Gasteiger partial charge is 0.530 e. The van der Waals surface area contributed by atoms with E-state index in [9.17, 15) is 4.57 Å². The van der Waals surface area contributed by atoms with E-state index >= 15 is 0 Å². The maximum Gasteiger partial charge on any atom is 0.530 e. The molecule has 0 radical (unpaired) electrons. The number of hydrogen-bond acceptors (Lipinski definition) is 4. The van der Waals surface area contributed by atoms with Crippen molar-refractivity contribution < 1.29 is 18.1 Å². The molecule has 0 spiro atoms. The molecular formula is C14H18Cl5O4P. The zero-order chi connectivity index (χ0) is 18.3. The first-order valence-corrected chi connectivity index (χ1v) is 10.7. The first-order chi connectivity index (χ1) is 11.3. The zero-order valence-electron chi connectivity index (χ0n) is 13.2. The lowest BCUT2D eigenvalue weighted by Gasteiger charge is -2.21. The van der Waals surface area contributed by atoms with Gasteiger partial charge in [0.15, 0.2) is 5.75 Å². The molecule has 1 aromatic rings. The molecule has 0 unspecified atom stereocenters. The second-order valence-corrected chi connectivity index (χ2v) is 8.29. The van der Waals surface area contributed by atoms with E-state index < -0.39 is 7.82 Å². The average molecular weight is 459 g/mol. The fourth-order valence-corrected chi connectivity index (χ4v) is 4.11. The minimum absolute atomic E-state index is 0.0191. The van der Waals surface area contributed by atoms with E-state index in [1.54, 1.807) is 0 Å². The van der Waals surface area contributed by atoms with Crippen molar-refractivity contribution in [3.05, 3.63) is 25.1 Å². The van der Waals surface area contributed by atoms with Gasteiger partial charge in [-0.25, -0.2) is 4.57 Å². The van der Waals surface area contributed by atoms with Crippen LogP contribution in [0.15, 0.2) is 0 Å². The molecule has 1 rings (SSSR count). The van der Waals surface area contributed by atoms with Gasteiger partial charge in [-0.15, -0.1) is 0 Å². The Morgan fingerprint density at radius 2 is 1.12 bits per heavy atom. The molecule has 0 aliphatic heterocycles. The van der Waals surface area contributed by atoms with Gasteiger partial charge in [-0.3, -0.25) is 9.05 Å². The Kier molecular flexibility index (Phi) is 10.1. The molecule has 0 saturated carbocycles. The number of halogens is 5. The Morgan fingerprint density at radius 1 is 0.750 bits per heavy atom. The van der Waals surface area contributed by atoms with Crippen molar-refractivity contribution in [3.8, 4) is 5.75 Å². The molecule has 0 heterocycles. The maximum absolute atomic E-state index is 12.8. The number of rotatable bonds is 10. The van der Waals surface area contributed by atoms with Gasteiger partial charge >= 0.3 is 7.82 Å². The third-order valence-electron chi connectivity index (χ3n) is 2.87. The third-order valence-corrected chi connectivity index (χ3v) is 6.51. The van der Waals surface area contributed by atoms with E-state index in [-0.39, 0.29) is 44.1 Å². The van der Waals surface area contributed by atoms with Gasteiger partial charge in [0.05, 0.1) is 28.3 Å². The lowest BCUT2D eigenvalue weighted by atomic mass is 10.3. The number of phosphoric ester groups is 1. The van der Waals surface area contributed by atoms with Crippen LogP contribution >= 0.6 is 65.8 Å². The van der Waals surface area contributed by atoms with Crippen molar-refractivity contribution in [3.63, 3.8) is 0 Å². The van der Waals surface area contributed by atoms with Crippen LogP contribution in [0.4, 0.5) is 0 Å². The molecule has 0 amide bonds. The van der Waals surface area contributed by atoms with Crippen molar-refractivity contribution in [2.45, 2.75) is 39.5 Å². The molecule has 24 heavy (non-hydrogen) atoms. The first-order valence-electron chi connectivity index (χ1n) is 7.37. The molecule has 0 bridgehead atoms. The molecule has 0 aliphatic rings. The van der Waals surface area contributed by atoms with Crippen molar-refractivity contribution >= 4 is 65.8 Å². The van der Waals surface area contributed by atoms with E-state index in [0.717, 1.165) is 12.8 Å². The standard InChI is InChI=1S/C14H18Cl5O4P/c1-3-5-7-21-24(20,22-8-6-4-2)23-14-12(18)10(16)9(15)11(17)13(14)19/h3-8H2,1-2H3. The summed E-state index contributed by atoms with van der Waals surface area (Å²) in [6, 6.07) is 0. The molecule has 0 N–H and O–H groups in total. The van der Waals surface area contributed by atoms with Crippen molar-refractivity contribution in [2.75, 3.05) is 13.2 Å². The molecular weight excluding hydrogens is 440 g/mol. The van der Waals surface area contributed by atoms with Crippen LogP contribution < -0.4 is 4.52 Å². The fourth-order valence-electron chi connectivity index (χ4n) is 1.51. The summed E-state index contributed by atoms with van der Waals surface area (Å²) in [4.78, 5) is 0. The molecule has 0 atom stereocenters. The number of benzene rings is 1. The summed E-state index contributed by atoms with van der Waals surface area (Å²) in [5, 5.41) is -0.369. The van der Waals surface area contributed by atoms with E-state index in [1.165, 1.54) is 0 Å². The Balaban J connectivity index is 3.11. The fraction of sp³-hybridized carbons (Fsp3) is 0.571. The smallest absolute Gasteiger partial charge is 0.401 e. The molecule has 0 aromatic heterocycles. The van der Waals surface area contributed by atoms with Gasteiger partial charge in [-0.1, -0.05) is 84.7 Å². The Bertz CT molecular complexity index is 568. The van der Waals surface area contributed by atoms with Gasteiger partial charge in [-0.05, 0) is 12.8 Å². The van der Waals surface area contributed by atoms with E-state index in [2.05, 4.69) is 0 Å². The van der Waals surface area contributed by atoms with Crippen LogP contribution in [0.1, 0.15) is 39.5 Å². The molecule has 10 heteroatoms. The Labute approximate surface area is 167 Å². The van der Waals surface area contributed by atoms with Gasteiger partial charge in [0.2, 0.25) is 0 Å². The Hall–Kier alpha value is 0.620. The summed E-state index contributed by atoms with van der Waals surface area (Å²) in [6.07, 6.45) is 3.09. The topological polar surface area (TPSA) is 44.8 Å². The summed E-state index contributed by atoms with van der Waals surface area (Å²) in [5.74, 6) is -0.186.